The van der Waals surface area contributed by atoms with Gasteiger partial charge in [0.15, 0.2) is 0 Å². The van der Waals surface area contributed by atoms with Crippen molar-refractivity contribution in [2.75, 3.05) is 26.4 Å². The number of ether oxygens (including phenoxy) is 4. The first kappa shape index (κ1) is 21.0. The first-order valence-corrected chi connectivity index (χ1v) is 6.16. The molecule has 0 unspecified atom stereocenters. The molecule has 0 saturated heterocycles. The van der Waals surface area contributed by atoms with Gasteiger partial charge < -0.3 is 18.9 Å². The fraction of sp³-hybridized carbons (Fsp3) is 0.833. The van der Waals surface area contributed by atoms with E-state index in [2.05, 4.69) is 0 Å². The predicted octanol–water partition coefficient (Wildman–Crippen LogP) is 1.27. The summed E-state index contributed by atoms with van der Waals surface area (Å²) in [5, 5.41) is 0. The van der Waals surface area contributed by atoms with Crippen LogP contribution in [-0.2, 0) is 50.3 Å². The zero-order valence-electron chi connectivity index (χ0n) is 12.0. The van der Waals surface area contributed by atoms with Crippen molar-refractivity contribution < 1.29 is 50.3 Å². The van der Waals surface area contributed by atoms with E-state index < -0.39 is 24.1 Å². The molecule has 0 bridgehead atoms. The van der Waals surface area contributed by atoms with Gasteiger partial charge in [0, 0.05) is 21.7 Å². The molecule has 7 heteroatoms. The average Bonchev–Trinajstić information content (AvgIpc) is 2.30. The monoisotopic (exact) mass is 310 g/mol. The fourth-order valence-corrected chi connectivity index (χ4v) is 1.39. The molecule has 0 heterocycles. The molecule has 0 spiro atoms. The van der Waals surface area contributed by atoms with Crippen LogP contribution >= 0.6 is 0 Å². The molecule has 0 aromatic heterocycles. The molecular formula is C12H22O6Ti. The molecule has 0 aliphatic heterocycles. The minimum Gasteiger partial charge on any atom is -0.466 e. The van der Waals surface area contributed by atoms with E-state index in [1.807, 2.05) is 0 Å². The third-order valence-corrected chi connectivity index (χ3v) is 1.95. The van der Waals surface area contributed by atoms with E-state index in [4.69, 9.17) is 18.9 Å². The molecule has 0 aliphatic carbocycles. The van der Waals surface area contributed by atoms with Crippen molar-refractivity contribution in [1.82, 2.24) is 0 Å². The number of carbonyl (C=O) groups is 2. The zero-order chi connectivity index (χ0) is 14.0. The molecule has 0 rings (SSSR count). The molecule has 0 atom stereocenters. The molecule has 0 saturated carbocycles. The predicted molar refractivity (Wildman–Crippen MR) is 63.9 cm³/mol. The summed E-state index contributed by atoms with van der Waals surface area (Å²) in [5.74, 6) is -3.01. The van der Waals surface area contributed by atoms with E-state index in [0.29, 0.717) is 0 Å². The number of ketones is 1. The number of esters is 1. The average molecular weight is 310 g/mol. The van der Waals surface area contributed by atoms with Gasteiger partial charge in [-0.25, -0.2) is 0 Å². The van der Waals surface area contributed by atoms with Crippen molar-refractivity contribution in [1.29, 1.82) is 0 Å². The van der Waals surface area contributed by atoms with E-state index in [1.54, 1.807) is 27.7 Å². The van der Waals surface area contributed by atoms with Crippen molar-refractivity contribution in [2.24, 2.45) is 0 Å². The number of Topliss-reactive ketones (excluding diaryl/α,β-unsaturated/α-hetero) is 1. The maximum absolute atomic E-state index is 12.0. The smallest absolute Gasteiger partial charge is 0.347 e. The van der Waals surface area contributed by atoms with E-state index in [0.717, 1.165) is 0 Å². The second-order valence-corrected chi connectivity index (χ2v) is 3.26. The summed E-state index contributed by atoms with van der Waals surface area (Å²) >= 11 is 0. The largest absolute Gasteiger partial charge is 0.466 e. The van der Waals surface area contributed by atoms with Crippen molar-refractivity contribution in [3.8, 4) is 0 Å². The number of carbonyl (C=O) groups excluding carboxylic acids is 2. The Hall–Kier alpha value is -0.266. The Morgan fingerprint density at radius 3 is 1.58 bits per heavy atom. The minimum absolute atomic E-state index is 0. The SMILES string of the molecule is CCOC(=O)CC(=O)C(OCC)(OCC)OCC.[Ti]. The van der Waals surface area contributed by atoms with Crippen LogP contribution in [0.1, 0.15) is 34.1 Å². The molecule has 0 aliphatic rings. The van der Waals surface area contributed by atoms with Crippen LogP contribution in [0.15, 0.2) is 0 Å². The van der Waals surface area contributed by atoms with Crippen LogP contribution in [0.3, 0.4) is 0 Å². The number of hydrogen-bond acceptors (Lipinski definition) is 6. The number of rotatable bonds is 10. The van der Waals surface area contributed by atoms with E-state index >= 15 is 0 Å². The van der Waals surface area contributed by atoms with Crippen molar-refractivity contribution in [2.45, 2.75) is 40.1 Å². The molecule has 0 amide bonds. The number of hydrogen-bond donors (Lipinski definition) is 0. The summed E-state index contributed by atoms with van der Waals surface area (Å²) in [6, 6.07) is 0. The van der Waals surface area contributed by atoms with E-state index in [1.165, 1.54) is 0 Å². The summed E-state index contributed by atoms with van der Waals surface area (Å²) in [7, 11) is 0. The second kappa shape index (κ2) is 11.6. The van der Waals surface area contributed by atoms with Crippen LogP contribution in [0.2, 0.25) is 0 Å². The minimum atomic E-state index is -1.80. The molecule has 110 valence electrons. The Labute approximate surface area is 129 Å². The Kier molecular flexibility index (Phi) is 12.8. The van der Waals surface area contributed by atoms with Gasteiger partial charge in [-0.1, -0.05) is 0 Å². The first-order chi connectivity index (χ1) is 8.56. The van der Waals surface area contributed by atoms with Crippen LogP contribution < -0.4 is 0 Å². The molecule has 0 N–H and O–H groups in total. The molecule has 6 nitrogen and oxygen atoms in total. The van der Waals surface area contributed by atoms with Crippen LogP contribution in [-0.4, -0.2) is 44.2 Å². The maximum atomic E-state index is 12.0. The van der Waals surface area contributed by atoms with Gasteiger partial charge in [0.25, 0.3) is 0 Å². The molecule has 19 heavy (non-hydrogen) atoms. The van der Waals surface area contributed by atoms with Crippen molar-refractivity contribution >= 4 is 11.8 Å². The van der Waals surface area contributed by atoms with Crippen LogP contribution in [0.5, 0.6) is 0 Å². The summed E-state index contributed by atoms with van der Waals surface area (Å²) in [6.45, 7) is 7.72. The molecule has 0 radical (unpaired) electrons. The second-order valence-electron chi connectivity index (χ2n) is 3.26. The van der Waals surface area contributed by atoms with E-state index in [9.17, 15) is 9.59 Å². The van der Waals surface area contributed by atoms with Gasteiger partial charge in [-0.15, -0.1) is 0 Å². The van der Waals surface area contributed by atoms with Gasteiger partial charge in [-0.05, 0) is 27.7 Å². The van der Waals surface area contributed by atoms with Gasteiger partial charge in [-0.2, -0.15) is 0 Å². The summed E-state index contributed by atoms with van der Waals surface area (Å²) < 4.78 is 20.5. The third kappa shape index (κ3) is 7.18. The van der Waals surface area contributed by atoms with Gasteiger partial charge in [-0.3, -0.25) is 9.59 Å². The fourth-order valence-electron chi connectivity index (χ4n) is 1.39. The Bertz CT molecular complexity index is 252. The van der Waals surface area contributed by atoms with Gasteiger partial charge >= 0.3 is 11.9 Å². The Balaban J connectivity index is 0. The van der Waals surface area contributed by atoms with Crippen molar-refractivity contribution in [3.05, 3.63) is 0 Å². The van der Waals surface area contributed by atoms with Crippen LogP contribution in [0, 0.1) is 0 Å². The Morgan fingerprint density at radius 2 is 1.26 bits per heavy atom. The molecule has 0 fully saturated rings. The van der Waals surface area contributed by atoms with E-state index in [-0.39, 0.29) is 48.1 Å². The standard InChI is InChI=1S/C12H22O6.Ti/c1-5-15-11(14)9-10(13)12(16-6-2,17-7-3)18-8-4;/h5-9H2,1-4H3;. The third-order valence-electron chi connectivity index (χ3n) is 1.95. The Morgan fingerprint density at radius 1 is 0.842 bits per heavy atom. The maximum Gasteiger partial charge on any atom is 0.347 e. The van der Waals surface area contributed by atoms with Crippen molar-refractivity contribution in [3.63, 3.8) is 0 Å². The van der Waals surface area contributed by atoms with Gasteiger partial charge in [0.2, 0.25) is 5.78 Å². The zero-order valence-corrected chi connectivity index (χ0v) is 13.5. The summed E-state index contributed by atoms with van der Waals surface area (Å²) in [4.78, 5) is 23.3. The van der Waals surface area contributed by atoms with Gasteiger partial charge in [0.1, 0.15) is 6.42 Å². The molecule has 0 aromatic carbocycles. The quantitative estimate of drug-likeness (QED) is 0.262. The van der Waals surface area contributed by atoms with Crippen LogP contribution in [0.25, 0.3) is 0 Å². The molecule has 0 aromatic rings. The summed E-state index contributed by atoms with van der Waals surface area (Å²) in [6.07, 6.45) is -0.437. The topological polar surface area (TPSA) is 71.1 Å². The summed E-state index contributed by atoms with van der Waals surface area (Å²) in [5.41, 5.74) is 0. The first-order valence-electron chi connectivity index (χ1n) is 6.16. The van der Waals surface area contributed by atoms with Gasteiger partial charge in [0.05, 0.1) is 26.4 Å². The molecular weight excluding hydrogens is 288 g/mol. The van der Waals surface area contributed by atoms with Crippen LogP contribution in [0.4, 0.5) is 0 Å². The normalized spacial score (nSPS) is 10.7.